The molecule has 0 radical (unpaired) electrons. The minimum atomic E-state index is -0.213. The lowest BCUT2D eigenvalue weighted by molar-refractivity contribution is 0.0983. The van der Waals surface area contributed by atoms with Crippen LogP contribution in [-0.4, -0.2) is 17.5 Å². The van der Waals surface area contributed by atoms with Crippen molar-refractivity contribution < 1.29 is 13.9 Å². The van der Waals surface area contributed by atoms with Gasteiger partial charge in [0.15, 0.2) is 5.13 Å². The molecule has 0 fully saturated rings. The topological polar surface area (TPSA) is 79.4 Å². The molecule has 0 bridgehead atoms. The van der Waals surface area contributed by atoms with Gasteiger partial charge in [0.05, 0.1) is 41.3 Å². The number of carbonyl (C=O) groups excluding carboxylic acids is 1. The third-order valence-corrected chi connectivity index (χ3v) is 5.33. The fourth-order valence-electron chi connectivity index (χ4n) is 2.89. The first-order valence-electron chi connectivity index (χ1n) is 9.05. The Morgan fingerprint density at radius 2 is 2.07 bits per heavy atom. The van der Waals surface area contributed by atoms with Gasteiger partial charge in [0, 0.05) is 5.56 Å². The van der Waals surface area contributed by atoms with Crippen LogP contribution in [-0.2, 0) is 6.54 Å². The molecule has 2 aromatic heterocycles. The molecule has 2 aromatic carbocycles. The van der Waals surface area contributed by atoms with E-state index in [2.05, 4.69) is 11.1 Å². The van der Waals surface area contributed by atoms with Crippen LogP contribution in [0.5, 0.6) is 5.75 Å². The molecule has 4 aromatic rings. The zero-order chi connectivity index (χ0) is 20.2. The van der Waals surface area contributed by atoms with Gasteiger partial charge in [0.25, 0.3) is 5.91 Å². The Balaban J connectivity index is 1.72. The molecule has 0 spiro atoms. The number of thiazole rings is 1. The minimum Gasteiger partial charge on any atom is -0.494 e. The van der Waals surface area contributed by atoms with Crippen LogP contribution < -0.4 is 9.64 Å². The Bertz CT molecular complexity index is 1170. The number of ether oxygens (including phenoxy) is 1. The van der Waals surface area contributed by atoms with Crippen molar-refractivity contribution in [3.8, 4) is 11.8 Å². The molecule has 4 rings (SSSR count). The van der Waals surface area contributed by atoms with Crippen LogP contribution in [0.25, 0.3) is 10.2 Å². The molecular weight excluding hydrogens is 386 g/mol. The Kier molecular flexibility index (Phi) is 5.27. The molecule has 0 N–H and O–H groups in total. The minimum absolute atomic E-state index is 0.213. The van der Waals surface area contributed by atoms with E-state index in [9.17, 15) is 4.79 Å². The molecule has 1 amide bonds. The number of amides is 1. The fourth-order valence-corrected chi connectivity index (χ4v) is 3.88. The summed E-state index contributed by atoms with van der Waals surface area (Å²) in [6.07, 6.45) is 1.58. The number of anilines is 1. The zero-order valence-corrected chi connectivity index (χ0v) is 16.5. The summed E-state index contributed by atoms with van der Waals surface area (Å²) >= 11 is 1.42. The van der Waals surface area contributed by atoms with E-state index >= 15 is 0 Å². The number of hydrogen-bond donors (Lipinski definition) is 0. The predicted molar refractivity (Wildman–Crippen MR) is 111 cm³/mol. The summed E-state index contributed by atoms with van der Waals surface area (Å²) in [5.74, 6) is 1.21. The van der Waals surface area contributed by atoms with Gasteiger partial charge in [-0.05, 0) is 61.5 Å². The lowest BCUT2D eigenvalue weighted by Crippen LogP contribution is -2.30. The van der Waals surface area contributed by atoms with E-state index in [4.69, 9.17) is 14.4 Å². The first-order valence-corrected chi connectivity index (χ1v) is 9.87. The van der Waals surface area contributed by atoms with Crippen molar-refractivity contribution in [2.24, 2.45) is 0 Å². The lowest BCUT2D eigenvalue weighted by Gasteiger charge is -2.18. The summed E-state index contributed by atoms with van der Waals surface area (Å²) in [6, 6.07) is 17.9. The van der Waals surface area contributed by atoms with Gasteiger partial charge >= 0.3 is 0 Å². The molecule has 0 aliphatic heterocycles. The van der Waals surface area contributed by atoms with E-state index in [1.165, 1.54) is 11.3 Å². The summed E-state index contributed by atoms with van der Waals surface area (Å²) in [4.78, 5) is 19.5. The molecule has 6 nitrogen and oxygen atoms in total. The summed E-state index contributed by atoms with van der Waals surface area (Å²) in [5, 5.41) is 9.56. The Labute approximate surface area is 171 Å². The van der Waals surface area contributed by atoms with E-state index in [-0.39, 0.29) is 12.5 Å². The van der Waals surface area contributed by atoms with Gasteiger partial charge in [0.1, 0.15) is 11.5 Å². The second-order valence-corrected chi connectivity index (χ2v) is 7.23. The molecule has 0 saturated carbocycles. The molecule has 0 atom stereocenters. The number of nitrogens with zero attached hydrogens (tertiary/aromatic N) is 3. The summed E-state index contributed by atoms with van der Waals surface area (Å²) in [6.45, 7) is 2.77. The maximum atomic E-state index is 13.3. The number of carbonyl (C=O) groups is 1. The van der Waals surface area contributed by atoms with Crippen molar-refractivity contribution in [3.63, 3.8) is 0 Å². The van der Waals surface area contributed by atoms with Gasteiger partial charge in [0.2, 0.25) is 0 Å². The van der Waals surface area contributed by atoms with Crippen molar-refractivity contribution in [2.75, 3.05) is 11.5 Å². The summed E-state index contributed by atoms with van der Waals surface area (Å²) < 4.78 is 12.0. The molecule has 0 unspecified atom stereocenters. The Hall–Kier alpha value is -3.63. The fraction of sp³-hybridized carbons (Fsp3) is 0.136. The third-order valence-electron chi connectivity index (χ3n) is 4.29. The van der Waals surface area contributed by atoms with E-state index in [1.54, 1.807) is 41.5 Å². The lowest BCUT2D eigenvalue weighted by atomic mass is 10.1. The molecule has 0 saturated heterocycles. The van der Waals surface area contributed by atoms with Crippen molar-refractivity contribution in [2.45, 2.75) is 13.5 Å². The van der Waals surface area contributed by atoms with Crippen LogP contribution in [0.4, 0.5) is 5.13 Å². The van der Waals surface area contributed by atoms with Crippen molar-refractivity contribution in [1.82, 2.24) is 4.98 Å². The van der Waals surface area contributed by atoms with Gasteiger partial charge in [-0.1, -0.05) is 11.3 Å². The van der Waals surface area contributed by atoms with Crippen LogP contribution in [0.3, 0.4) is 0 Å². The predicted octanol–water partition coefficient (Wildman–Crippen LogP) is 5.01. The highest BCUT2D eigenvalue weighted by Gasteiger charge is 2.23. The largest absolute Gasteiger partial charge is 0.494 e. The quantitative estimate of drug-likeness (QED) is 0.452. The average molecular weight is 403 g/mol. The maximum absolute atomic E-state index is 13.3. The average Bonchev–Trinajstić information content (AvgIpc) is 3.41. The maximum Gasteiger partial charge on any atom is 0.260 e. The zero-order valence-electron chi connectivity index (χ0n) is 15.7. The van der Waals surface area contributed by atoms with Crippen LogP contribution in [0.15, 0.2) is 65.3 Å². The van der Waals surface area contributed by atoms with Crippen molar-refractivity contribution >= 4 is 32.6 Å². The number of aromatic nitrogens is 1. The third kappa shape index (κ3) is 3.98. The number of benzene rings is 2. The molecule has 29 heavy (non-hydrogen) atoms. The number of furan rings is 1. The first-order chi connectivity index (χ1) is 14.2. The van der Waals surface area contributed by atoms with Crippen LogP contribution in [0.1, 0.15) is 28.6 Å². The van der Waals surface area contributed by atoms with Crippen LogP contribution in [0.2, 0.25) is 0 Å². The van der Waals surface area contributed by atoms with Gasteiger partial charge in [-0.25, -0.2) is 4.98 Å². The second-order valence-electron chi connectivity index (χ2n) is 6.22. The van der Waals surface area contributed by atoms with E-state index in [0.29, 0.717) is 28.6 Å². The molecule has 0 aliphatic rings. The normalized spacial score (nSPS) is 10.6. The number of rotatable bonds is 6. The van der Waals surface area contributed by atoms with Gasteiger partial charge < -0.3 is 9.15 Å². The van der Waals surface area contributed by atoms with E-state index in [0.717, 1.165) is 16.0 Å². The Morgan fingerprint density at radius 1 is 1.24 bits per heavy atom. The van der Waals surface area contributed by atoms with Crippen LogP contribution >= 0.6 is 11.3 Å². The van der Waals surface area contributed by atoms with Gasteiger partial charge in [-0.15, -0.1) is 0 Å². The van der Waals surface area contributed by atoms with Gasteiger partial charge in [-0.3, -0.25) is 9.69 Å². The summed E-state index contributed by atoms with van der Waals surface area (Å²) in [5.41, 5.74) is 1.78. The van der Waals surface area contributed by atoms with Crippen molar-refractivity contribution in [3.05, 3.63) is 77.7 Å². The number of hydrogen-bond acceptors (Lipinski definition) is 6. The van der Waals surface area contributed by atoms with E-state index in [1.807, 2.05) is 31.2 Å². The summed E-state index contributed by atoms with van der Waals surface area (Å²) in [7, 11) is 0. The number of fused-ring (bicyclic) bond motifs is 1. The smallest absolute Gasteiger partial charge is 0.260 e. The highest BCUT2D eigenvalue weighted by Crippen LogP contribution is 2.33. The monoisotopic (exact) mass is 403 g/mol. The molecule has 144 valence electrons. The SMILES string of the molecule is CCOc1ccc2nc(N(Cc3ccco3)C(=O)c3ccc(C#N)cc3)sc2c1. The molecular formula is C22H17N3O3S. The molecule has 0 aliphatic carbocycles. The van der Waals surface area contributed by atoms with Crippen LogP contribution in [0, 0.1) is 11.3 Å². The second kappa shape index (κ2) is 8.17. The molecule has 7 heteroatoms. The standard InChI is InChI=1S/C22H17N3O3S/c1-2-27-17-9-10-19-20(12-17)29-22(24-19)25(14-18-4-3-11-28-18)21(26)16-7-5-15(13-23)6-8-16/h3-12H,2,14H2,1H3. The van der Waals surface area contributed by atoms with Gasteiger partial charge in [-0.2, -0.15) is 5.26 Å². The highest BCUT2D eigenvalue weighted by atomic mass is 32.1. The number of nitriles is 1. The van der Waals surface area contributed by atoms with E-state index < -0.39 is 0 Å². The van der Waals surface area contributed by atoms with Crippen molar-refractivity contribution in [1.29, 1.82) is 5.26 Å². The first kappa shape index (κ1) is 18.7. The Morgan fingerprint density at radius 3 is 2.76 bits per heavy atom. The molecule has 2 heterocycles. The highest BCUT2D eigenvalue weighted by molar-refractivity contribution is 7.22.